The summed E-state index contributed by atoms with van der Waals surface area (Å²) in [5.41, 5.74) is 4.74. The van der Waals surface area contributed by atoms with E-state index in [4.69, 9.17) is 14.5 Å². The molecule has 2 aliphatic carbocycles. The molecule has 0 bridgehead atoms. The predicted octanol–water partition coefficient (Wildman–Crippen LogP) is 3.93. The zero-order valence-corrected chi connectivity index (χ0v) is 15.1. The molecule has 2 aromatic rings. The van der Waals surface area contributed by atoms with Gasteiger partial charge in [0.15, 0.2) is 17.3 Å². The zero-order valence-electron chi connectivity index (χ0n) is 15.1. The Hall–Kier alpha value is -3.21. The van der Waals surface area contributed by atoms with E-state index >= 15 is 0 Å². The van der Waals surface area contributed by atoms with Gasteiger partial charge >= 0.3 is 0 Å². The molecule has 0 spiro atoms. The molecule has 1 fully saturated rings. The maximum Gasteiger partial charge on any atom is 0.231 e. The lowest BCUT2D eigenvalue weighted by Gasteiger charge is -2.34. The fourth-order valence-electron chi connectivity index (χ4n) is 4.91. The van der Waals surface area contributed by atoms with Gasteiger partial charge in [-0.2, -0.15) is 0 Å². The van der Waals surface area contributed by atoms with Gasteiger partial charge in [0.2, 0.25) is 6.79 Å². The molecule has 138 valence electrons. The number of Topliss-reactive ketones (excluding diaryl/α,β-unsaturated/α-hetero) is 2. The van der Waals surface area contributed by atoms with Gasteiger partial charge in [-0.15, -0.1) is 0 Å². The molecule has 5 nitrogen and oxygen atoms in total. The monoisotopic (exact) mass is 371 g/mol. The molecule has 0 N–H and O–H groups in total. The number of nitrogens with zero attached hydrogens (tertiary/aromatic N) is 1. The molecule has 0 aromatic heterocycles. The number of carbonyl (C=O) groups is 2. The maximum atomic E-state index is 13.3. The lowest BCUT2D eigenvalue weighted by atomic mass is 9.69. The molecular formula is C23H17NO4. The second-order valence-electron chi connectivity index (χ2n) is 7.63. The van der Waals surface area contributed by atoms with Crippen molar-refractivity contribution in [1.82, 2.24) is 0 Å². The number of benzene rings is 2. The van der Waals surface area contributed by atoms with Gasteiger partial charge in [-0.1, -0.05) is 30.3 Å². The van der Waals surface area contributed by atoms with E-state index in [-0.39, 0.29) is 30.2 Å². The predicted molar refractivity (Wildman–Crippen MR) is 103 cm³/mol. The van der Waals surface area contributed by atoms with Gasteiger partial charge in [0.05, 0.1) is 11.6 Å². The summed E-state index contributed by atoms with van der Waals surface area (Å²) in [5.74, 6) is 0.807. The summed E-state index contributed by atoms with van der Waals surface area (Å²) >= 11 is 0. The van der Waals surface area contributed by atoms with Crippen LogP contribution in [-0.4, -0.2) is 24.1 Å². The van der Waals surface area contributed by atoms with Crippen LogP contribution >= 0.6 is 0 Å². The molecule has 0 amide bonds. The largest absolute Gasteiger partial charge is 0.454 e. The highest BCUT2D eigenvalue weighted by Crippen LogP contribution is 2.50. The van der Waals surface area contributed by atoms with Crippen LogP contribution in [-0.2, 0) is 4.79 Å². The van der Waals surface area contributed by atoms with Crippen LogP contribution in [0, 0.1) is 5.92 Å². The van der Waals surface area contributed by atoms with E-state index in [1.165, 1.54) is 0 Å². The van der Waals surface area contributed by atoms with Crippen molar-refractivity contribution in [1.29, 1.82) is 0 Å². The summed E-state index contributed by atoms with van der Waals surface area (Å²) < 4.78 is 11.0. The van der Waals surface area contributed by atoms with Crippen molar-refractivity contribution in [2.45, 2.75) is 25.2 Å². The average Bonchev–Trinajstić information content (AvgIpc) is 3.30. The number of allylic oxidation sites excluding steroid dienone is 1. The molecule has 2 heterocycles. The highest BCUT2D eigenvalue weighted by atomic mass is 16.7. The summed E-state index contributed by atoms with van der Waals surface area (Å²) in [6, 6.07) is 13.3. The maximum absolute atomic E-state index is 13.3. The minimum absolute atomic E-state index is 0.0190. The van der Waals surface area contributed by atoms with Crippen LogP contribution in [0.25, 0.3) is 5.70 Å². The van der Waals surface area contributed by atoms with Gasteiger partial charge in [0, 0.05) is 34.8 Å². The Morgan fingerprint density at radius 1 is 0.893 bits per heavy atom. The zero-order chi connectivity index (χ0) is 18.8. The Balaban J connectivity index is 1.58. The van der Waals surface area contributed by atoms with E-state index in [1.54, 1.807) is 0 Å². The number of ether oxygens (including phenoxy) is 2. The van der Waals surface area contributed by atoms with Crippen LogP contribution in [0.4, 0.5) is 0 Å². The van der Waals surface area contributed by atoms with E-state index in [2.05, 4.69) is 0 Å². The molecule has 0 radical (unpaired) electrons. The summed E-state index contributed by atoms with van der Waals surface area (Å²) in [4.78, 5) is 31.1. The third-order valence-corrected chi connectivity index (χ3v) is 6.14. The second-order valence-corrected chi connectivity index (χ2v) is 7.63. The van der Waals surface area contributed by atoms with Crippen molar-refractivity contribution in [3.8, 4) is 11.5 Å². The fourth-order valence-corrected chi connectivity index (χ4v) is 4.91. The Morgan fingerprint density at radius 3 is 2.61 bits per heavy atom. The number of hydrogen-bond acceptors (Lipinski definition) is 5. The smallest absolute Gasteiger partial charge is 0.231 e. The molecule has 0 saturated heterocycles. The van der Waals surface area contributed by atoms with Gasteiger partial charge in [-0.05, 0) is 30.5 Å². The number of aliphatic imine (C=N–C) groups is 1. The standard InChI is InChI=1S/C23H17NO4/c25-16-7-3-6-15-20(16)19(12-8-9-17-18(10-12)28-11-27-17)21-22(24-15)13-4-1-2-5-14(13)23(21)26/h1-2,4-5,8-10,19-20H,3,6-7,11H2/t19-,20?/m0/s1. The van der Waals surface area contributed by atoms with Gasteiger partial charge in [0.25, 0.3) is 0 Å². The third-order valence-electron chi connectivity index (χ3n) is 6.14. The van der Waals surface area contributed by atoms with Crippen molar-refractivity contribution in [2.75, 3.05) is 6.79 Å². The summed E-state index contributed by atoms with van der Waals surface area (Å²) in [6.07, 6.45) is 2.15. The van der Waals surface area contributed by atoms with Gasteiger partial charge in [-0.25, -0.2) is 0 Å². The van der Waals surface area contributed by atoms with Gasteiger partial charge < -0.3 is 9.47 Å². The number of carbonyl (C=O) groups excluding carboxylic acids is 2. The number of rotatable bonds is 1. The summed E-state index contributed by atoms with van der Waals surface area (Å²) in [7, 11) is 0. The van der Waals surface area contributed by atoms with Crippen LogP contribution in [0.2, 0.25) is 0 Å². The topological polar surface area (TPSA) is 65.0 Å². The number of fused-ring (bicyclic) bond motifs is 4. The molecular weight excluding hydrogens is 354 g/mol. The molecule has 5 heteroatoms. The normalized spacial score (nSPS) is 24.6. The first-order valence-electron chi connectivity index (χ1n) is 9.60. The SMILES string of the molecule is O=C1C2=C(N=C3CCCC(=O)C3[C@@H]2c2ccc3c(c2)OCO3)c2ccccc21. The molecule has 2 aliphatic heterocycles. The van der Waals surface area contributed by atoms with Gasteiger partial charge in [-0.3, -0.25) is 14.6 Å². The van der Waals surface area contributed by atoms with Crippen molar-refractivity contribution in [3.05, 3.63) is 64.7 Å². The minimum Gasteiger partial charge on any atom is -0.454 e. The van der Waals surface area contributed by atoms with E-state index in [0.717, 1.165) is 35.4 Å². The van der Waals surface area contributed by atoms with Crippen LogP contribution in [0.3, 0.4) is 0 Å². The molecule has 2 atom stereocenters. The first-order valence-corrected chi connectivity index (χ1v) is 9.60. The molecule has 4 aliphatic rings. The fraction of sp³-hybridized carbons (Fsp3) is 0.261. The van der Waals surface area contributed by atoms with Crippen molar-refractivity contribution >= 4 is 23.0 Å². The van der Waals surface area contributed by atoms with E-state index in [0.29, 0.717) is 29.1 Å². The molecule has 2 aromatic carbocycles. The minimum atomic E-state index is -0.369. The quantitative estimate of drug-likeness (QED) is 0.762. The van der Waals surface area contributed by atoms with E-state index in [9.17, 15) is 9.59 Å². The van der Waals surface area contributed by atoms with Crippen LogP contribution in [0.5, 0.6) is 11.5 Å². The summed E-state index contributed by atoms with van der Waals surface area (Å²) in [5, 5.41) is 0. The molecule has 6 rings (SSSR count). The van der Waals surface area contributed by atoms with Gasteiger partial charge in [0.1, 0.15) is 5.78 Å². The van der Waals surface area contributed by atoms with Crippen molar-refractivity contribution < 1.29 is 19.1 Å². The third kappa shape index (κ3) is 2.04. The highest BCUT2D eigenvalue weighted by molar-refractivity contribution is 6.25. The Bertz CT molecular complexity index is 1130. The first kappa shape index (κ1) is 15.8. The number of hydrogen-bond donors (Lipinski definition) is 0. The highest BCUT2D eigenvalue weighted by Gasteiger charge is 2.47. The van der Waals surface area contributed by atoms with Crippen LogP contribution in [0.15, 0.2) is 53.0 Å². The van der Waals surface area contributed by atoms with Crippen molar-refractivity contribution in [2.24, 2.45) is 10.9 Å². The lowest BCUT2D eigenvalue weighted by molar-refractivity contribution is -0.121. The molecule has 1 saturated carbocycles. The Morgan fingerprint density at radius 2 is 1.71 bits per heavy atom. The van der Waals surface area contributed by atoms with Crippen LogP contribution in [0.1, 0.15) is 46.7 Å². The van der Waals surface area contributed by atoms with E-state index < -0.39 is 0 Å². The average molecular weight is 371 g/mol. The Labute approximate surface area is 161 Å². The molecule has 28 heavy (non-hydrogen) atoms. The Kier molecular flexibility index (Phi) is 3.19. The number of ketones is 2. The second kappa shape index (κ2) is 5.64. The van der Waals surface area contributed by atoms with Crippen LogP contribution < -0.4 is 9.47 Å². The van der Waals surface area contributed by atoms with E-state index in [1.807, 2.05) is 42.5 Å². The van der Waals surface area contributed by atoms with Crippen molar-refractivity contribution in [3.63, 3.8) is 0 Å². The summed E-state index contributed by atoms with van der Waals surface area (Å²) in [6.45, 7) is 0.191. The molecule has 1 unspecified atom stereocenters. The first-order chi connectivity index (χ1) is 13.7. The lowest BCUT2D eigenvalue weighted by Crippen LogP contribution is -2.37.